The molecule has 80 valence electrons. The molecule has 0 aromatic heterocycles. The monoisotopic (exact) mass is 205 g/mol. The normalized spacial score (nSPS) is 20.9. The van der Waals surface area contributed by atoms with Crippen LogP contribution in [0.4, 0.5) is 0 Å². The van der Waals surface area contributed by atoms with Crippen molar-refractivity contribution in [2.75, 3.05) is 13.7 Å². The number of nitrogens with one attached hydrogen (secondary N) is 1. The summed E-state index contributed by atoms with van der Waals surface area (Å²) in [5.74, 6) is 0.992. The number of benzene rings is 1. The molecule has 1 heterocycles. The van der Waals surface area contributed by atoms with Gasteiger partial charge in [-0.3, -0.25) is 4.79 Å². The quantitative estimate of drug-likeness (QED) is 0.797. The first-order valence-electron chi connectivity index (χ1n) is 5.23. The van der Waals surface area contributed by atoms with E-state index in [2.05, 4.69) is 5.32 Å². The van der Waals surface area contributed by atoms with E-state index in [9.17, 15) is 4.79 Å². The Morgan fingerprint density at radius 1 is 1.33 bits per heavy atom. The third kappa shape index (κ3) is 2.12. The van der Waals surface area contributed by atoms with Crippen molar-refractivity contribution in [3.63, 3.8) is 0 Å². The molecule has 0 radical (unpaired) electrons. The molecule has 1 amide bonds. The van der Waals surface area contributed by atoms with Crippen LogP contribution in [-0.2, 0) is 4.79 Å². The number of rotatable bonds is 2. The molecule has 1 N–H and O–H groups in total. The second-order valence-corrected chi connectivity index (χ2v) is 3.76. The number of ether oxygens (including phenoxy) is 1. The first-order valence-corrected chi connectivity index (χ1v) is 5.23. The van der Waals surface area contributed by atoms with E-state index in [-0.39, 0.29) is 11.8 Å². The van der Waals surface area contributed by atoms with Crippen molar-refractivity contribution in [2.24, 2.45) is 0 Å². The fourth-order valence-corrected chi connectivity index (χ4v) is 1.93. The van der Waals surface area contributed by atoms with Crippen LogP contribution in [0.1, 0.15) is 24.3 Å². The number of carbonyl (C=O) groups excluding carboxylic acids is 1. The van der Waals surface area contributed by atoms with Crippen LogP contribution in [0.15, 0.2) is 24.3 Å². The molecule has 1 aliphatic heterocycles. The lowest BCUT2D eigenvalue weighted by Crippen LogP contribution is -2.34. The Morgan fingerprint density at radius 2 is 2.07 bits per heavy atom. The molecule has 0 aliphatic carbocycles. The Balaban J connectivity index is 2.17. The molecular formula is C12H15NO2. The SMILES string of the molecule is COc1ccc([C@H]2CCCNC2=O)cc1. The number of hydrogen-bond acceptors (Lipinski definition) is 2. The average molecular weight is 205 g/mol. The van der Waals surface area contributed by atoms with Gasteiger partial charge in [0.25, 0.3) is 0 Å². The Morgan fingerprint density at radius 3 is 2.67 bits per heavy atom. The zero-order valence-corrected chi connectivity index (χ0v) is 8.82. The minimum Gasteiger partial charge on any atom is -0.497 e. The van der Waals surface area contributed by atoms with E-state index in [0.29, 0.717) is 0 Å². The maximum absolute atomic E-state index is 11.6. The van der Waals surface area contributed by atoms with Gasteiger partial charge >= 0.3 is 0 Å². The van der Waals surface area contributed by atoms with E-state index in [1.807, 2.05) is 24.3 Å². The molecule has 2 rings (SSSR count). The summed E-state index contributed by atoms with van der Waals surface area (Å²) in [7, 11) is 1.64. The van der Waals surface area contributed by atoms with Crippen LogP contribution in [0.5, 0.6) is 5.75 Å². The first kappa shape index (κ1) is 10.0. The van der Waals surface area contributed by atoms with Gasteiger partial charge in [0, 0.05) is 6.54 Å². The molecule has 1 atom stereocenters. The smallest absolute Gasteiger partial charge is 0.227 e. The first-order chi connectivity index (χ1) is 7.31. The Kier molecular flexibility index (Phi) is 2.90. The van der Waals surface area contributed by atoms with E-state index in [1.165, 1.54) is 0 Å². The molecule has 0 unspecified atom stereocenters. The van der Waals surface area contributed by atoms with Crippen molar-refractivity contribution in [1.29, 1.82) is 0 Å². The van der Waals surface area contributed by atoms with Crippen molar-refractivity contribution < 1.29 is 9.53 Å². The lowest BCUT2D eigenvalue weighted by atomic mass is 9.91. The van der Waals surface area contributed by atoms with Crippen molar-refractivity contribution in [1.82, 2.24) is 5.32 Å². The van der Waals surface area contributed by atoms with Gasteiger partial charge in [-0.1, -0.05) is 12.1 Å². The Labute approximate surface area is 89.4 Å². The molecule has 1 aromatic carbocycles. The third-order valence-electron chi connectivity index (χ3n) is 2.80. The molecule has 0 spiro atoms. The van der Waals surface area contributed by atoms with Gasteiger partial charge in [0.15, 0.2) is 0 Å². The van der Waals surface area contributed by atoms with Crippen molar-refractivity contribution >= 4 is 5.91 Å². The highest BCUT2D eigenvalue weighted by molar-refractivity contribution is 5.84. The van der Waals surface area contributed by atoms with Crippen molar-refractivity contribution in [3.8, 4) is 5.75 Å². The van der Waals surface area contributed by atoms with Gasteiger partial charge in [-0.15, -0.1) is 0 Å². The van der Waals surface area contributed by atoms with Gasteiger partial charge < -0.3 is 10.1 Å². The summed E-state index contributed by atoms with van der Waals surface area (Å²) in [6.07, 6.45) is 2.00. The molecule has 0 bridgehead atoms. The summed E-state index contributed by atoms with van der Waals surface area (Å²) in [6, 6.07) is 7.73. The van der Waals surface area contributed by atoms with Crippen LogP contribution >= 0.6 is 0 Å². The molecule has 3 heteroatoms. The summed E-state index contributed by atoms with van der Waals surface area (Å²) in [4.78, 5) is 11.6. The van der Waals surface area contributed by atoms with Gasteiger partial charge in [-0.25, -0.2) is 0 Å². The van der Waals surface area contributed by atoms with E-state index in [4.69, 9.17) is 4.74 Å². The minimum atomic E-state index is 0.0182. The van der Waals surface area contributed by atoms with Crippen molar-refractivity contribution in [3.05, 3.63) is 29.8 Å². The van der Waals surface area contributed by atoms with Crippen LogP contribution in [-0.4, -0.2) is 19.6 Å². The molecule has 3 nitrogen and oxygen atoms in total. The summed E-state index contributed by atoms with van der Waals surface area (Å²) < 4.78 is 5.08. The van der Waals surface area contributed by atoms with E-state index in [1.54, 1.807) is 7.11 Å². The van der Waals surface area contributed by atoms with Gasteiger partial charge in [0.2, 0.25) is 5.91 Å². The number of methoxy groups -OCH3 is 1. The lowest BCUT2D eigenvalue weighted by molar-refractivity contribution is -0.123. The maximum atomic E-state index is 11.6. The highest BCUT2D eigenvalue weighted by Gasteiger charge is 2.23. The van der Waals surface area contributed by atoms with Crippen LogP contribution in [0.2, 0.25) is 0 Å². The average Bonchev–Trinajstić information content (AvgIpc) is 2.30. The summed E-state index contributed by atoms with van der Waals surface area (Å²) in [5, 5.41) is 2.89. The third-order valence-corrected chi connectivity index (χ3v) is 2.80. The van der Waals surface area contributed by atoms with Gasteiger partial charge in [-0.2, -0.15) is 0 Å². The second-order valence-electron chi connectivity index (χ2n) is 3.76. The Bertz CT molecular complexity index is 345. The second kappa shape index (κ2) is 4.34. The zero-order chi connectivity index (χ0) is 10.7. The van der Waals surface area contributed by atoms with Gasteiger partial charge in [0.05, 0.1) is 13.0 Å². The molecular weight excluding hydrogens is 190 g/mol. The van der Waals surface area contributed by atoms with Crippen LogP contribution in [0, 0.1) is 0 Å². The zero-order valence-electron chi connectivity index (χ0n) is 8.82. The van der Waals surface area contributed by atoms with Gasteiger partial charge in [0.1, 0.15) is 5.75 Å². The topological polar surface area (TPSA) is 38.3 Å². The lowest BCUT2D eigenvalue weighted by Gasteiger charge is -2.22. The van der Waals surface area contributed by atoms with Crippen LogP contribution in [0.3, 0.4) is 0 Å². The maximum Gasteiger partial charge on any atom is 0.227 e. The summed E-state index contributed by atoms with van der Waals surface area (Å²) in [6.45, 7) is 0.811. The van der Waals surface area contributed by atoms with E-state index < -0.39 is 0 Å². The van der Waals surface area contributed by atoms with Gasteiger partial charge in [-0.05, 0) is 30.5 Å². The Hall–Kier alpha value is -1.51. The van der Waals surface area contributed by atoms with Crippen LogP contribution < -0.4 is 10.1 Å². The van der Waals surface area contributed by atoms with Crippen molar-refractivity contribution in [2.45, 2.75) is 18.8 Å². The minimum absolute atomic E-state index is 0.0182. The molecule has 0 saturated carbocycles. The van der Waals surface area contributed by atoms with E-state index in [0.717, 1.165) is 30.7 Å². The fraction of sp³-hybridized carbons (Fsp3) is 0.417. The highest BCUT2D eigenvalue weighted by Crippen LogP contribution is 2.25. The number of amides is 1. The molecule has 15 heavy (non-hydrogen) atoms. The molecule has 1 saturated heterocycles. The predicted octanol–water partition coefficient (Wildman–Crippen LogP) is 1.69. The number of hydrogen-bond donors (Lipinski definition) is 1. The molecule has 1 aliphatic rings. The highest BCUT2D eigenvalue weighted by atomic mass is 16.5. The van der Waals surface area contributed by atoms with E-state index >= 15 is 0 Å². The summed E-state index contributed by atoms with van der Waals surface area (Å²) >= 11 is 0. The molecule has 1 fully saturated rings. The van der Waals surface area contributed by atoms with Crippen LogP contribution in [0.25, 0.3) is 0 Å². The predicted molar refractivity (Wildman–Crippen MR) is 58.0 cm³/mol. The largest absolute Gasteiger partial charge is 0.497 e. The molecule has 1 aromatic rings. The number of carbonyl (C=O) groups is 1. The number of piperidine rings is 1. The fourth-order valence-electron chi connectivity index (χ4n) is 1.93. The summed E-state index contributed by atoms with van der Waals surface area (Å²) in [5.41, 5.74) is 1.08. The standard InChI is InChI=1S/C12H15NO2/c1-15-10-6-4-9(5-7-10)11-3-2-8-13-12(11)14/h4-7,11H,2-3,8H2,1H3,(H,13,14)/t11-/m1/s1.